The van der Waals surface area contributed by atoms with Gasteiger partial charge in [-0.2, -0.15) is 0 Å². The molecule has 0 bridgehead atoms. The largest absolute Gasteiger partial charge is 0.395 e. The van der Waals surface area contributed by atoms with Crippen molar-refractivity contribution in [3.63, 3.8) is 0 Å². The molecular formula is C17H20ClN3O2S. The molecule has 2 aromatic rings. The topological polar surface area (TPSA) is 56.7 Å². The zero-order chi connectivity index (χ0) is 16.9. The number of aliphatic hydroxyl groups is 1. The quantitative estimate of drug-likeness (QED) is 0.882. The summed E-state index contributed by atoms with van der Waals surface area (Å²) in [5.41, 5.74) is 1.69. The van der Waals surface area contributed by atoms with E-state index < -0.39 is 0 Å². The molecule has 0 saturated carbocycles. The summed E-state index contributed by atoms with van der Waals surface area (Å²) in [6.07, 6.45) is 0.320. The van der Waals surface area contributed by atoms with Gasteiger partial charge in [0.25, 0.3) is 0 Å². The molecule has 1 aliphatic rings. The Hall–Kier alpha value is -1.47. The van der Waals surface area contributed by atoms with Gasteiger partial charge in [0.15, 0.2) is 0 Å². The number of amides is 1. The third kappa shape index (κ3) is 4.13. The van der Waals surface area contributed by atoms with Crippen molar-refractivity contribution in [2.45, 2.75) is 6.42 Å². The average Bonchev–Trinajstić information content (AvgIpc) is 3.04. The fraction of sp³-hybridized carbons (Fsp3) is 0.412. The molecule has 128 valence electrons. The highest BCUT2D eigenvalue weighted by Crippen LogP contribution is 2.30. The summed E-state index contributed by atoms with van der Waals surface area (Å²) in [7, 11) is 0. The predicted molar refractivity (Wildman–Crippen MR) is 96.4 cm³/mol. The fourth-order valence-electron chi connectivity index (χ4n) is 2.78. The third-order valence-electron chi connectivity index (χ3n) is 4.13. The van der Waals surface area contributed by atoms with Gasteiger partial charge in [-0.15, -0.1) is 11.3 Å². The van der Waals surface area contributed by atoms with E-state index in [4.69, 9.17) is 16.7 Å². The van der Waals surface area contributed by atoms with Gasteiger partial charge in [0.2, 0.25) is 5.91 Å². The van der Waals surface area contributed by atoms with Gasteiger partial charge >= 0.3 is 0 Å². The third-order valence-corrected chi connectivity index (χ3v) is 5.38. The molecule has 3 rings (SSSR count). The summed E-state index contributed by atoms with van der Waals surface area (Å²) >= 11 is 7.71. The first-order valence-corrected chi connectivity index (χ1v) is 9.23. The van der Waals surface area contributed by atoms with Crippen molar-refractivity contribution in [2.75, 3.05) is 39.3 Å². The van der Waals surface area contributed by atoms with Gasteiger partial charge in [0.1, 0.15) is 5.01 Å². The molecule has 24 heavy (non-hydrogen) atoms. The molecule has 1 aromatic carbocycles. The minimum atomic E-state index is 0.106. The molecule has 0 spiro atoms. The molecule has 0 radical (unpaired) electrons. The number of halogens is 1. The van der Waals surface area contributed by atoms with E-state index in [1.807, 2.05) is 34.5 Å². The highest BCUT2D eigenvalue weighted by atomic mass is 35.5. The number of aromatic nitrogens is 1. The van der Waals surface area contributed by atoms with Crippen molar-refractivity contribution < 1.29 is 9.90 Å². The standard InChI is InChI=1S/C17H20ClN3O2S/c18-15-4-2-1-3-14(15)17-19-13(12-24-17)11-16(23)21-7-5-20(6-8-21)9-10-22/h1-4,12,22H,5-11H2. The van der Waals surface area contributed by atoms with E-state index in [-0.39, 0.29) is 12.5 Å². The zero-order valence-corrected chi connectivity index (χ0v) is 14.9. The minimum absolute atomic E-state index is 0.106. The van der Waals surface area contributed by atoms with Crippen LogP contribution in [0.15, 0.2) is 29.6 Å². The van der Waals surface area contributed by atoms with Gasteiger partial charge in [0.05, 0.1) is 23.7 Å². The number of carbonyl (C=O) groups is 1. The smallest absolute Gasteiger partial charge is 0.228 e. The summed E-state index contributed by atoms with van der Waals surface area (Å²) in [6, 6.07) is 7.60. The number of aliphatic hydroxyl groups excluding tert-OH is 1. The van der Waals surface area contributed by atoms with E-state index >= 15 is 0 Å². The van der Waals surface area contributed by atoms with Gasteiger partial charge in [-0.3, -0.25) is 9.69 Å². The molecular weight excluding hydrogens is 346 g/mol. The predicted octanol–water partition coefficient (Wildman–Crippen LogP) is 2.14. The second-order valence-corrected chi connectivity index (χ2v) is 7.01. The second-order valence-electron chi connectivity index (χ2n) is 5.75. The van der Waals surface area contributed by atoms with Crippen LogP contribution in [0.5, 0.6) is 0 Å². The van der Waals surface area contributed by atoms with Crippen LogP contribution in [0.3, 0.4) is 0 Å². The normalized spacial score (nSPS) is 15.7. The summed E-state index contributed by atoms with van der Waals surface area (Å²) in [6.45, 7) is 3.88. The molecule has 1 aliphatic heterocycles. The number of piperazine rings is 1. The molecule has 1 N–H and O–H groups in total. The first-order chi connectivity index (χ1) is 11.7. The van der Waals surface area contributed by atoms with Gasteiger partial charge in [-0.25, -0.2) is 4.98 Å². The lowest BCUT2D eigenvalue weighted by atomic mass is 10.2. The number of hydrogen-bond acceptors (Lipinski definition) is 5. The molecule has 1 aromatic heterocycles. The zero-order valence-electron chi connectivity index (χ0n) is 13.3. The van der Waals surface area contributed by atoms with E-state index in [2.05, 4.69) is 9.88 Å². The monoisotopic (exact) mass is 365 g/mol. The van der Waals surface area contributed by atoms with E-state index in [1.165, 1.54) is 11.3 Å². The van der Waals surface area contributed by atoms with E-state index in [9.17, 15) is 4.79 Å². The van der Waals surface area contributed by atoms with E-state index in [1.54, 1.807) is 0 Å². The molecule has 1 amide bonds. The number of thiazole rings is 1. The Morgan fingerprint density at radius 1 is 1.25 bits per heavy atom. The van der Waals surface area contributed by atoms with Crippen LogP contribution >= 0.6 is 22.9 Å². The maximum Gasteiger partial charge on any atom is 0.228 e. The van der Waals surface area contributed by atoms with Crippen LogP contribution in [0.2, 0.25) is 5.02 Å². The van der Waals surface area contributed by atoms with Crippen LogP contribution in [0.25, 0.3) is 10.6 Å². The maximum atomic E-state index is 12.4. The first kappa shape index (κ1) is 17.4. The molecule has 0 aliphatic carbocycles. The van der Waals surface area contributed by atoms with Gasteiger partial charge in [-0.05, 0) is 6.07 Å². The van der Waals surface area contributed by atoms with E-state index in [0.29, 0.717) is 31.1 Å². The van der Waals surface area contributed by atoms with Crippen molar-refractivity contribution in [2.24, 2.45) is 0 Å². The van der Waals surface area contributed by atoms with Crippen molar-refractivity contribution in [3.05, 3.63) is 40.4 Å². The van der Waals surface area contributed by atoms with Crippen LogP contribution in [-0.4, -0.2) is 65.1 Å². The molecule has 1 fully saturated rings. The van der Waals surface area contributed by atoms with Gasteiger partial charge < -0.3 is 10.0 Å². The van der Waals surface area contributed by atoms with Crippen LogP contribution in [0.1, 0.15) is 5.69 Å². The lowest BCUT2D eigenvalue weighted by Gasteiger charge is -2.34. The molecule has 5 nitrogen and oxygen atoms in total. The van der Waals surface area contributed by atoms with Crippen LogP contribution in [-0.2, 0) is 11.2 Å². The Labute approximate surface area is 150 Å². The Kier molecular flexibility index (Phi) is 5.84. The number of carbonyl (C=O) groups excluding carboxylic acids is 1. The highest BCUT2D eigenvalue weighted by Gasteiger charge is 2.21. The average molecular weight is 366 g/mol. The molecule has 1 saturated heterocycles. The van der Waals surface area contributed by atoms with Crippen LogP contribution in [0, 0.1) is 0 Å². The SMILES string of the molecule is O=C(Cc1csc(-c2ccccc2Cl)n1)N1CCN(CCO)CC1. The summed E-state index contributed by atoms with van der Waals surface area (Å²) in [4.78, 5) is 21.1. The summed E-state index contributed by atoms with van der Waals surface area (Å²) in [5.74, 6) is 0.106. The molecule has 0 atom stereocenters. The first-order valence-electron chi connectivity index (χ1n) is 7.97. The second kappa shape index (κ2) is 8.07. The van der Waals surface area contributed by atoms with Crippen molar-refractivity contribution in [1.82, 2.24) is 14.8 Å². The Bertz CT molecular complexity index is 699. The fourth-order valence-corrected chi connectivity index (χ4v) is 3.92. The van der Waals surface area contributed by atoms with Gasteiger partial charge in [-0.1, -0.05) is 29.8 Å². The lowest BCUT2D eigenvalue weighted by Crippen LogP contribution is -2.49. The number of rotatable bonds is 5. The number of nitrogens with zero attached hydrogens (tertiary/aromatic N) is 3. The maximum absolute atomic E-state index is 12.4. The molecule has 0 unspecified atom stereocenters. The van der Waals surface area contributed by atoms with Crippen molar-refractivity contribution in [3.8, 4) is 10.6 Å². The van der Waals surface area contributed by atoms with Crippen LogP contribution < -0.4 is 0 Å². The Morgan fingerprint density at radius 2 is 2.00 bits per heavy atom. The Morgan fingerprint density at radius 3 is 2.71 bits per heavy atom. The molecule has 7 heteroatoms. The van der Waals surface area contributed by atoms with Crippen LogP contribution in [0.4, 0.5) is 0 Å². The number of β-amino-alcohol motifs (C(OH)–C–C–N with tert-alkyl or cyclic N) is 1. The van der Waals surface area contributed by atoms with E-state index in [0.717, 1.165) is 29.4 Å². The number of benzene rings is 1. The van der Waals surface area contributed by atoms with Crippen molar-refractivity contribution >= 4 is 28.8 Å². The highest BCUT2D eigenvalue weighted by molar-refractivity contribution is 7.13. The summed E-state index contributed by atoms with van der Waals surface area (Å²) in [5, 5.41) is 12.4. The summed E-state index contributed by atoms with van der Waals surface area (Å²) < 4.78 is 0. The lowest BCUT2D eigenvalue weighted by molar-refractivity contribution is -0.132. The Balaban J connectivity index is 1.59. The molecule has 2 heterocycles. The minimum Gasteiger partial charge on any atom is -0.395 e. The number of hydrogen-bond donors (Lipinski definition) is 1. The van der Waals surface area contributed by atoms with Gasteiger partial charge in [0, 0.05) is 43.7 Å². The van der Waals surface area contributed by atoms with Crippen molar-refractivity contribution in [1.29, 1.82) is 0 Å².